The Hall–Kier alpha value is -2.41. The maximum atomic E-state index is 12.1. The van der Waals surface area contributed by atoms with E-state index in [1.165, 1.54) is 21.3 Å². The number of carbonyl (C=O) groups excluding carboxylic acids is 2. The molecule has 1 aromatic rings. The molecular weight excluding hydrogens is 324 g/mol. The highest BCUT2D eigenvalue weighted by Gasteiger charge is 2.33. The maximum absolute atomic E-state index is 12.1. The number of carbonyl (C=O) groups is 2. The van der Waals surface area contributed by atoms with Gasteiger partial charge in [0.25, 0.3) is 0 Å². The Bertz CT molecular complexity index is 687. The lowest BCUT2D eigenvalue weighted by Crippen LogP contribution is -2.45. The van der Waals surface area contributed by atoms with Gasteiger partial charge < -0.3 is 24.8 Å². The quantitative estimate of drug-likeness (QED) is 0.820. The van der Waals surface area contributed by atoms with Gasteiger partial charge in [-0.3, -0.25) is 0 Å². The number of hydrogen-bond donors (Lipinski definition) is 2. The molecule has 0 spiro atoms. The number of rotatable bonds is 4. The molecule has 0 aromatic heterocycles. The predicted octanol–water partition coefficient (Wildman–Crippen LogP) is 2.16. The summed E-state index contributed by atoms with van der Waals surface area (Å²) in [6, 6.07) is 1.98. The minimum atomic E-state index is -0.761. The van der Waals surface area contributed by atoms with Gasteiger partial charge in [0.2, 0.25) is 0 Å². The van der Waals surface area contributed by atoms with Crippen LogP contribution in [0.15, 0.2) is 23.4 Å². The molecule has 23 heavy (non-hydrogen) atoms. The van der Waals surface area contributed by atoms with Crippen molar-refractivity contribution in [1.82, 2.24) is 10.6 Å². The fourth-order valence-corrected chi connectivity index (χ4v) is 2.66. The zero-order valence-electron chi connectivity index (χ0n) is 13.2. The van der Waals surface area contributed by atoms with E-state index in [2.05, 4.69) is 10.6 Å². The third-order valence-electron chi connectivity index (χ3n) is 3.49. The molecule has 1 aliphatic rings. The second-order valence-electron chi connectivity index (χ2n) is 4.79. The van der Waals surface area contributed by atoms with Crippen molar-refractivity contribution >= 4 is 23.6 Å². The summed E-state index contributed by atoms with van der Waals surface area (Å²) >= 11 is 6.30. The molecule has 1 aromatic carbocycles. The Morgan fingerprint density at radius 1 is 1.17 bits per heavy atom. The third kappa shape index (κ3) is 3.19. The highest BCUT2D eigenvalue weighted by Crippen LogP contribution is 2.39. The average molecular weight is 341 g/mol. The highest BCUT2D eigenvalue weighted by molar-refractivity contribution is 6.31. The van der Waals surface area contributed by atoms with Gasteiger partial charge in [-0.25, -0.2) is 9.59 Å². The SMILES string of the molecule is COC(=O)C1=C(C)NC(=O)N[C@@H]1c1cc(OC)c(OC)cc1Cl. The van der Waals surface area contributed by atoms with E-state index >= 15 is 0 Å². The van der Waals surface area contributed by atoms with Gasteiger partial charge in [-0.15, -0.1) is 0 Å². The van der Waals surface area contributed by atoms with Crippen LogP contribution in [0.2, 0.25) is 5.02 Å². The van der Waals surface area contributed by atoms with Crippen molar-refractivity contribution in [1.29, 1.82) is 0 Å². The maximum Gasteiger partial charge on any atom is 0.337 e. The highest BCUT2D eigenvalue weighted by atomic mass is 35.5. The zero-order valence-corrected chi connectivity index (χ0v) is 13.9. The molecular formula is C15H17ClN2O5. The van der Waals surface area contributed by atoms with Crippen LogP contribution in [0.3, 0.4) is 0 Å². The first-order valence-corrected chi connectivity index (χ1v) is 7.08. The van der Waals surface area contributed by atoms with Gasteiger partial charge in [0.15, 0.2) is 11.5 Å². The minimum Gasteiger partial charge on any atom is -0.493 e. The number of esters is 1. The van der Waals surface area contributed by atoms with Crippen LogP contribution in [0.1, 0.15) is 18.5 Å². The average Bonchev–Trinajstić information content (AvgIpc) is 2.53. The Balaban J connectivity index is 2.60. The minimum absolute atomic E-state index is 0.265. The Morgan fingerprint density at radius 3 is 2.35 bits per heavy atom. The molecule has 0 unspecified atom stereocenters. The molecule has 2 N–H and O–H groups in total. The van der Waals surface area contributed by atoms with Crippen LogP contribution < -0.4 is 20.1 Å². The number of benzene rings is 1. The van der Waals surface area contributed by atoms with E-state index in [0.717, 1.165) is 0 Å². The topological polar surface area (TPSA) is 85.9 Å². The lowest BCUT2D eigenvalue weighted by Gasteiger charge is -2.28. The molecule has 0 aliphatic carbocycles. The van der Waals surface area contributed by atoms with Crippen LogP contribution in [0.4, 0.5) is 4.79 Å². The molecule has 2 amide bonds. The second kappa shape index (κ2) is 6.78. The van der Waals surface area contributed by atoms with Gasteiger partial charge in [-0.2, -0.15) is 0 Å². The number of nitrogens with one attached hydrogen (secondary N) is 2. The van der Waals surface area contributed by atoms with Crippen molar-refractivity contribution in [3.8, 4) is 11.5 Å². The number of hydrogen-bond acceptors (Lipinski definition) is 5. The lowest BCUT2D eigenvalue weighted by atomic mass is 9.95. The Morgan fingerprint density at radius 2 is 1.78 bits per heavy atom. The Labute approximate surface area is 138 Å². The van der Waals surface area contributed by atoms with Crippen molar-refractivity contribution in [3.63, 3.8) is 0 Å². The molecule has 7 nitrogen and oxygen atoms in total. The summed E-state index contributed by atoms with van der Waals surface area (Å²) in [5.41, 5.74) is 1.16. The first-order valence-electron chi connectivity index (χ1n) is 6.71. The van der Waals surface area contributed by atoms with Crippen molar-refractivity contribution in [2.24, 2.45) is 0 Å². The van der Waals surface area contributed by atoms with Crippen molar-refractivity contribution in [2.75, 3.05) is 21.3 Å². The van der Waals surface area contributed by atoms with Gasteiger partial charge in [0, 0.05) is 17.3 Å². The molecule has 1 atom stereocenters. The fraction of sp³-hybridized carbons (Fsp3) is 0.333. The van der Waals surface area contributed by atoms with Crippen molar-refractivity contribution in [2.45, 2.75) is 13.0 Å². The largest absolute Gasteiger partial charge is 0.493 e. The first kappa shape index (κ1) is 17.0. The molecule has 2 rings (SSSR count). The number of allylic oxidation sites excluding steroid dienone is 1. The van der Waals surface area contributed by atoms with Gasteiger partial charge in [-0.05, 0) is 13.0 Å². The second-order valence-corrected chi connectivity index (χ2v) is 5.20. The first-order chi connectivity index (χ1) is 10.9. The molecule has 0 saturated carbocycles. The monoisotopic (exact) mass is 340 g/mol. The van der Waals surface area contributed by atoms with Crippen LogP contribution in [0.5, 0.6) is 11.5 Å². The van der Waals surface area contributed by atoms with Crippen LogP contribution in [0.25, 0.3) is 0 Å². The fourth-order valence-electron chi connectivity index (χ4n) is 2.40. The number of ether oxygens (including phenoxy) is 3. The summed E-state index contributed by atoms with van der Waals surface area (Å²) in [6.45, 7) is 1.62. The van der Waals surface area contributed by atoms with E-state index in [0.29, 0.717) is 27.8 Å². The molecule has 124 valence electrons. The van der Waals surface area contributed by atoms with Gasteiger partial charge in [0.05, 0.1) is 38.0 Å². The molecule has 1 aliphatic heterocycles. The van der Waals surface area contributed by atoms with E-state index in [-0.39, 0.29) is 5.57 Å². The van der Waals surface area contributed by atoms with Crippen LogP contribution in [-0.4, -0.2) is 33.3 Å². The smallest absolute Gasteiger partial charge is 0.337 e. The van der Waals surface area contributed by atoms with Gasteiger partial charge in [-0.1, -0.05) is 11.6 Å². The summed E-state index contributed by atoms with van der Waals surface area (Å²) in [4.78, 5) is 23.9. The standard InChI is InChI=1S/C15H17ClN2O5/c1-7-12(14(19)23-4)13(18-15(20)17-7)8-5-10(21-2)11(22-3)6-9(8)16/h5-6,13H,1-4H3,(H2,17,18,20)/t13-/m1/s1. The van der Waals surface area contributed by atoms with Crippen LogP contribution >= 0.6 is 11.6 Å². The number of amides is 2. The summed E-state index contributed by atoms with van der Waals surface area (Å²) in [6.07, 6.45) is 0. The van der Waals surface area contributed by atoms with E-state index in [1.807, 2.05) is 0 Å². The summed E-state index contributed by atoms with van der Waals surface area (Å²) in [7, 11) is 4.25. The molecule has 8 heteroatoms. The predicted molar refractivity (Wildman–Crippen MR) is 83.7 cm³/mol. The van der Waals surface area contributed by atoms with E-state index < -0.39 is 18.0 Å². The third-order valence-corrected chi connectivity index (χ3v) is 3.82. The van der Waals surface area contributed by atoms with Gasteiger partial charge in [0.1, 0.15) is 0 Å². The van der Waals surface area contributed by atoms with Gasteiger partial charge >= 0.3 is 12.0 Å². The summed E-state index contributed by atoms with van der Waals surface area (Å²) in [5, 5.41) is 5.54. The molecule has 0 radical (unpaired) electrons. The molecule has 0 bridgehead atoms. The zero-order chi connectivity index (χ0) is 17.1. The normalized spacial score (nSPS) is 17.3. The molecule has 1 heterocycles. The number of urea groups is 1. The van der Waals surface area contributed by atoms with E-state index in [9.17, 15) is 9.59 Å². The van der Waals surface area contributed by atoms with Crippen LogP contribution in [-0.2, 0) is 9.53 Å². The summed E-state index contributed by atoms with van der Waals surface area (Å²) < 4.78 is 15.2. The number of halogens is 1. The van der Waals surface area contributed by atoms with E-state index in [4.69, 9.17) is 25.8 Å². The lowest BCUT2D eigenvalue weighted by molar-refractivity contribution is -0.136. The summed E-state index contributed by atoms with van der Waals surface area (Å²) in [5.74, 6) is 0.314. The Kier molecular flexibility index (Phi) is 5.00. The molecule has 0 fully saturated rings. The van der Waals surface area contributed by atoms with E-state index in [1.54, 1.807) is 19.1 Å². The molecule has 0 saturated heterocycles. The van der Waals surface area contributed by atoms with Crippen LogP contribution in [0, 0.1) is 0 Å². The van der Waals surface area contributed by atoms with Crippen molar-refractivity contribution in [3.05, 3.63) is 34.0 Å². The number of methoxy groups -OCH3 is 3. The van der Waals surface area contributed by atoms with Crippen molar-refractivity contribution < 1.29 is 23.8 Å².